The Balaban J connectivity index is 1.72. The van der Waals surface area contributed by atoms with E-state index in [-0.39, 0.29) is 18.7 Å². The molecule has 0 aliphatic carbocycles. The summed E-state index contributed by atoms with van der Waals surface area (Å²) in [5.41, 5.74) is -0.918. The third-order valence-electron chi connectivity index (χ3n) is 3.16. The van der Waals surface area contributed by atoms with Crippen LogP contribution in [0.5, 0.6) is 5.75 Å². The van der Waals surface area contributed by atoms with Gasteiger partial charge in [0.1, 0.15) is 5.75 Å². The first kappa shape index (κ1) is 19.3. The largest absolute Gasteiger partial charge is 0.493 e. The number of carbonyl (C=O) groups excluding carboxylic acids is 2. The lowest BCUT2D eigenvalue weighted by atomic mass is 10.2. The average Bonchev–Trinajstić information content (AvgIpc) is 2.60. The van der Waals surface area contributed by atoms with Crippen LogP contribution in [-0.2, 0) is 20.5 Å². The fourth-order valence-corrected chi connectivity index (χ4v) is 1.96. The topological polar surface area (TPSA) is 64.6 Å². The molecular formula is C18H16F3NO4. The molecule has 1 N–H and O–H groups in total. The van der Waals surface area contributed by atoms with Crippen molar-refractivity contribution in [3.63, 3.8) is 0 Å². The molecule has 2 rings (SSSR count). The van der Waals surface area contributed by atoms with Gasteiger partial charge in [-0.15, -0.1) is 0 Å². The van der Waals surface area contributed by atoms with Crippen molar-refractivity contribution < 1.29 is 32.2 Å². The van der Waals surface area contributed by atoms with Gasteiger partial charge >= 0.3 is 12.1 Å². The van der Waals surface area contributed by atoms with Crippen molar-refractivity contribution in [3.05, 3.63) is 60.2 Å². The second-order valence-electron chi connectivity index (χ2n) is 5.20. The molecule has 0 radical (unpaired) electrons. The van der Waals surface area contributed by atoms with Crippen LogP contribution in [0.25, 0.3) is 0 Å². The van der Waals surface area contributed by atoms with Crippen LogP contribution < -0.4 is 10.1 Å². The minimum Gasteiger partial charge on any atom is -0.493 e. The summed E-state index contributed by atoms with van der Waals surface area (Å²) in [5, 5.41) is 2.24. The van der Waals surface area contributed by atoms with Crippen molar-refractivity contribution in [1.29, 1.82) is 0 Å². The molecule has 2 aromatic rings. The zero-order chi connectivity index (χ0) is 19.0. The Morgan fingerprint density at radius 3 is 2.42 bits per heavy atom. The number of carbonyl (C=O) groups is 2. The number of rotatable bonds is 7. The third-order valence-corrected chi connectivity index (χ3v) is 3.16. The van der Waals surface area contributed by atoms with E-state index in [1.54, 1.807) is 24.3 Å². The Morgan fingerprint density at radius 1 is 1.00 bits per heavy atom. The number of esters is 1. The highest BCUT2D eigenvalue weighted by Crippen LogP contribution is 2.30. The van der Waals surface area contributed by atoms with Crippen LogP contribution in [0.4, 0.5) is 18.9 Å². The normalized spacial score (nSPS) is 10.9. The fraction of sp³-hybridized carbons (Fsp3) is 0.222. The molecule has 5 nitrogen and oxygen atoms in total. The van der Waals surface area contributed by atoms with Crippen LogP contribution >= 0.6 is 0 Å². The van der Waals surface area contributed by atoms with Crippen LogP contribution in [0, 0.1) is 0 Å². The van der Waals surface area contributed by atoms with E-state index in [1.165, 1.54) is 12.1 Å². The smallest absolute Gasteiger partial charge is 0.416 e. The molecule has 0 aliphatic heterocycles. The summed E-state index contributed by atoms with van der Waals surface area (Å²) in [7, 11) is 0. The lowest BCUT2D eigenvalue weighted by Crippen LogP contribution is -2.22. The molecule has 8 heteroatoms. The molecule has 2 aromatic carbocycles. The van der Waals surface area contributed by atoms with Crippen LogP contribution in [-0.4, -0.2) is 25.1 Å². The number of halogens is 3. The minimum absolute atomic E-state index is 0.0340. The van der Waals surface area contributed by atoms with E-state index in [9.17, 15) is 22.8 Å². The predicted octanol–water partition coefficient (Wildman–Crippen LogP) is 3.66. The maximum absolute atomic E-state index is 12.6. The van der Waals surface area contributed by atoms with Crippen LogP contribution in [0.2, 0.25) is 0 Å². The SMILES string of the molecule is O=C(COC(=O)CCOc1ccccc1)Nc1cccc(C(F)(F)F)c1. The van der Waals surface area contributed by atoms with E-state index < -0.39 is 30.2 Å². The molecule has 0 aliphatic rings. The first-order valence-electron chi connectivity index (χ1n) is 7.65. The van der Waals surface area contributed by atoms with Crippen molar-refractivity contribution in [2.24, 2.45) is 0 Å². The Bertz CT molecular complexity index is 748. The predicted molar refractivity (Wildman–Crippen MR) is 87.6 cm³/mol. The van der Waals surface area contributed by atoms with Gasteiger partial charge in [-0.25, -0.2) is 0 Å². The minimum atomic E-state index is -4.51. The lowest BCUT2D eigenvalue weighted by molar-refractivity contribution is -0.147. The van der Waals surface area contributed by atoms with E-state index >= 15 is 0 Å². The molecule has 0 aromatic heterocycles. The number of hydrogen-bond donors (Lipinski definition) is 1. The molecule has 0 spiro atoms. The molecule has 0 heterocycles. The van der Waals surface area contributed by atoms with E-state index in [2.05, 4.69) is 5.32 Å². The molecule has 0 unspecified atom stereocenters. The molecule has 1 amide bonds. The Labute approximate surface area is 147 Å². The van der Waals surface area contributed by atoms with E-state index in [4.69, 9.17) is 9.47 Å². The second-order valence-corrected chi connectivity index (χ2v) is 5.20. The Kier molecular flexibility index (Phi) is 6.60. The third kappa shape index (κ3) is 6.46. The average molecular weight is 367 g/mol. The van der Waals surface area contributed by atoms with Crippen molar-refractivity contribution in [2.45, 2.75) is 12.6 Å². The number of benzene rings is 2. The van der Waals surface area contributed by atoms with Gasteiger partial charge in [-0.3, -0.25) is 9.59 Å². The van der Waals surface area contributed by atoms with Crippen LogP contribution in [0.3, 0.4) is 0 Å². The highest BCUT2D eigenvalue weighted by Gasteiger charge is 2.30. The molecule has 0 atom stereocenters. The van der Waals surface area contributed by atoms with Gasteiger partial charge in [-0.1, -0.05) is 24.3 Å². The summed E-state index contributed by atoms with van der Waals surface area (Å²) in [6.45, 7) is -0.515. The Hall–Kier alpha value is -3.03. The summed E-state index contributed by atoms with van der Waals surface area (Å²) in [5.74, 6) is -0.788. The van der Waals surface area contributed by atoms with Gasteiger partial charge < -0.3 is 14.8 Å². The maximum Gasteiger partial charge on any atom is 0.416 e. The van der Waals surface area contributed by atoms with Gasteiger partial charge in [0.2, 0.25) is 0 Å². The van der Waals surface area contributed by atoms with Gasteiger partial charge in [0.15, 0.2) is 6.61 Å². The summed E-state index contributed by atoms with van der Waals surface area (Å²) in [6, 6.07) is 13.0. The summed E-state index contributed by atoms with van der Waals surface area (Å²) >= 11 is 0. The first-order chi connectivity index (χ1) is 12.3. The zero-order valence-electron chi connectivity index (χ0n) is 13.6. The van der Waals surface area contributed by atoms with E-state index in [0.717, 1.165) is 12.1 Å². The van der Waals surface area contributed by atoms with Crippen LogP contribution in [0.15, 0.2) is 54.6 Å². The zero-order valence-corrected chi connectivity index (χ0v) is 13.6. The lowest BCUT2D eigenvalue weighted by Gasteiger charge is -2.10. The summed E-state index contributed by atoms with van der Waals surface area (Å²) in [6.07, 6.45) is -4.57. The summed E-state index contributed by atoms with van der Waals surface area (Å²) < 4.78 is 47.9. The van der Waals surface area contributed by atoms with Crippen LogP contribution in [0.1, 0.15) is 12.0 Å². The number of ether oxygens (including phenoxy) is 2. The first-order valence-corrected chi connectivity index (χ1v) is 7.65. The highest BCUT2D eigenvalue weighted by molar-refractivity contribution is 5.92. The van der Waals surface area contributed by atoms with Crippen molar-refractivity contribution in [1.82, 2.24) is 0 Å². The number of alkyl halides is 3. The monoisotopic (exact) mass is 367 g/mol. The molecule has 0 saturated carbocycles. The quantitative estimate of drug-likeness (QED) is 0.759. The van der Waals surface area contributed by atoms with Crippen molar-refractivity contribution >= 4 is 17.6 Å². The molecule has 0 bridgehead atoms. The van der Waals surface area contributed by atoms with Crippen molar-refractivity contribution in [2.75, 3.05) is 18.5 Å². The van der Waals surface area contributed by atoms with Gasteiger partial charge in [-0.2, -0.15) is 13.2 Å². The molecule has 138 valence electrons. The second kappa shape index (κ2) is 8.89. The molecule has 26 heavy (non-hydrogen) atoms. The number of anilines is 1. The number of hydrogen-bond acceptors (Lipinski definition) is 4. The molecule has 0 fully saturated rings. The van der Waals surface area contributed by atoms with Gasteiger partial charge in [0, 0.05) is 5.69 Å². The van der Waals surface area contributed by atoms with Gasteiger partial charge in [-0.05, 0) is 30.3 Å². The van der Waals surface area contributed by atoms with E-state index in [0.29, 0.717) is 5.75 Å². The maximum atomic E-state index is 12.6. The number of para-hydroxylation sites is 1. The van der Waals surface area contributed by atoms with Gasteiger partial charge in [0.05, 0.1) is 18.6 Å². The number of amides is 1. The molecule has 0 saturated heterocycles. The van der Waals surface area contributed by atoms with Gasteiger partial charge in [0.25, 0.3) is 5.91 Å². The standard InChI is InChI=1S/C18H16F3NO4/c19-18(20,21)13-5-4-6-14(11-13)22-16(23)12-26-17(24)9-10-25-15-7-2-1-3-8-15/h1-8,11H,9-10,12H2,(H,22,23). The summed E-state index contributed by atoms with van der Waals surface area (Å²) in [4.78, 5) is 23.2. The Morgan fingerprint density at radius 2 is 1.73 bits per heavy atom. The molecular weight excluding hydrogens is 351 g/mol. The van der Waals surface area contributed by atoms with E-state index in [1.807, 2.05) is 6.07 Å². The highest BCUT2D eigenvalue weighted by atomic mass is 19.4. The fourth-order valence-electron chi connectivity index (χ4n) is 1.96. The number of nitrogens with one attached hydrogen (secondary N) is 1. The van der Waals surface area contributed by atoms with Crippen molar-refractivity contribution in [3.8, 4) is 5.75 Å².